The summed E-state index contributed by atoms with van der Waals surface area (Å²) in [5.74, 6) is 0. The molecular weight excluding hydrogens is 273 g/mol. The van der Waals surface area contributed by atoms with Crippen LogP contribution >= 0.6 is 0 Å². The molecule has 5 nitrogen and oxygen atoms in total. The summed E-state index contributed by atoms with van der Waals surface area (Å²) in [6, 6.07) is 3.30. The molecule has 0 amide bonds. The van der Waals surface area contributed by atoms with Crippen LogP contribution in [0.25, 0.3) is 11.1 Å². The molecule has 0 aliphatic heterocycles. The van der Waals surface area contributed by atoms with Crippen molar-refractivity contribution in [3.05, 3.63) is 42.0 Å². The maximum Gasteiger partial charge on any atom is 0.418 e. The highest BCUT2D eigenvalue weighted by atomic mass is 19.4. The standard InChI is InChI=1S/C8H5F3N2O.C4H6N2/c9-8(10,11)4-2-1-3-5-6(4)13-7(12)14-5;1-4-2-5-3-6-4/h1-3H,(H2,12,13);2-3H,1H3,(H,5,6). The topological polar surface area (TPSA) is 80.7 Å². The number of nitrogens with two attached hydrogens (primary N) is 1. The SMILES string of the molecule is Cc1cnc[nH]1.Nc1nc2c(C(F)(F)F)cccc2o1. The molecule has 0 spiro atoms. The Hall–Kier alpha value is -2.51. The van der Waals surface area contributed by atoms with E-state index in [1.807, 2.05) is 6.92 Å². The van der Waals surface area contributed by atoms with Crippen LogP contribution in [0.4, 0.5) is 19.2 Å². The number of oxazole rings is 1. The van der Waals surface area contributed by atoms with Gasteiger partial charge in [0.1, 0.15) is 5.52 Å². The third kappa shape index (κ3) is 3.08. The lowest BCUT2D eigenvalue weighted by molar-refractivity contribution is -0.136. The van der Waals surface area contributed by atoms with Gasteiger partial charge >= 0.3 is 6.18 Å². The molecule has 3 rings (SSSR count). The Morgan fingerprint density at radius 3 is 2.55 bits per heavy atom. The van der Waals surface area contributed by atoms with Gasteiger partial charge in [-0.05, 0) is 19.1 Å². The van der Waals surface area contributed by atoms with E-state index in [1.54, 1.807) is 12.5 Å². The number of hydrogen-bond donors (Lipinski definition) is 2. The molecule has 0 atom stereocenters. The number of para-hydroxylation sites is 1. The number of benzene rings is 1. The molecule has 2 heterocycles. The van der Waals surface area contributed by atoms with Crippen LogP contribution in [-0.2, 0) is 6.18 Å². The quantitative estimate of drug-likeness (QED) is 0.664. The minimum absolute atomic E-state index is 0.0392. The number of halogens is 3. The summed E-state index contributed by atoms with van der Waals surface area (Å²) < 4.78 is 42.0. The third-order valence-corrected chi connectivity index (χ3v) is 2.38. The van der Waals surface area contributed by atoms with Gasteiger partial charge in [-0.25, -0.2) is 4.98 Å². The number of alkyl halides is 3. The second kappa shape index (κ2) is 5.24. The van der Waals surface area contributed by atoms with Crippen molar-refractivity contribution in [3.8, 4) is 0 Å². The predicted molar refractivity (Wildman–Crippen MR) is 66.7 cm³/mol. The van der Waals surface area contributed by atoms with Crippen LogP contribution < -0.4 is 5.73 Å². The van der Waals surface area contributed by atoms with Crippen molar-refractivity contribution in [2.75, 3.05) is 5.73 Å². The van der Waals surface area contributed by atoms with Crippen molar-refractivity contribution in [2.24, 2.45) is 0 Å². The second-order valence-corrected chi connectivity index (χ2v) is 3.94. The van der Waals surface area contributed by atoms with Gasteiger partial charge in [-0.2, -0.15) is 18.2 Å². The molecule has 0 unspecified atom stereocenters. The molecule has 1 aromatic carbocycles. The fourth-order valence-electron chi connectivity index (χ4n) is 1.52. The van der Waals surface area contributed by atoms with E-state index in [0.29, 0.717) is 0 Å². The van der Waals surface area contributed by atoms with E-state index in [0.717, 1.165) is 11.8 Å². The van der Waals surface area contributed by atoms with Gasteiger partial charge in [-0.3, -0.25) is 0 Å². The van der Waals surface area contributed by atoms with Gasteiger partial charge in [0.15, 0.2) is 5.58 Å². The van der Waals surface area contributed by atoms with Crippen LogP contribution in [0.15, 0.2) is 35.1 Å². The molecule has 3 N–H and O–H groups in total. The lowest BCUT2D eigenvalue weighted by Gasteiger charge is -2.05. The highest BCUT2D eigenvalue weighted by Gasteiger charge is 2.34. The minimum Gasteiger partial charge on any atom is -0.424 e. The lowest BCUT2D eigenvalue weighted by atomic mass is 10.2. The smallest absolute Gasteiger partial charge is 0.418 e. The monoisotopic (exact) mass is 284 g/mol. The fourth-order valence-corrected chi connectivity index (χ4v) is 1.52. The molecule has 106 valence electrons. The third-order valence-electron chi connectivity index (χ3n) is 2.38. The predicted octanol–water partition coefficient (Wildman–Crippen LogP) is 3.15. The molecule has 0 fully saturated rings. The summed E-state index contributed by atoms with van der Waals surface area (Å²) in [5, 5.41) is 0. The number of nitrogens with one attached hydrogen (secondary N) is 1. The van der Waals surface area contributed by atoms with Crippen LogP contribution in [-0.4, -0.2) is 15.0 Å². The zero-order valence-electron chi connectivity index (χ0n) is 10.4. The number of H-pyrrole nitrogens is 1. The van der Waals surface area contributed by atoms with Crippen LogP contribution in [0, 0.1) is 6.92 Å². The first-order valence-electron chi connectivity index (χ1n) is 5.55. The molecule has 0 aliphatic carbocycles. The zero-order valence-corrected chi connectivity index (χ0v) is 10.4. The Balaban J connectivity index is 0.000000205. The van der Waals surface area contributed by atoms with Crippen LogP contribution in [0.1, 0.15) is 11.3 Å². The highest BCUT2D eigenvalue weighted by molar-refractivity contribution is 5.78. The summed E-state index contributed by atoms with van der Waals surface area (Å²) in [7, 11) is 0. The van der Waals surface area contributed by atoms with Gasteiger partial charge in [0.2, 0.25) is 0 Å². The second-order valence-electron chi connectivity index (χ2n) is 3.94. The fraction of sp³-hybridized carbons (Fsp3) is 0.167. The average molecular weight is 284 g/mol. The number of aromatic amines is 1. The number of fused-ring (bicyclic) bond motifs is 1. The molecule has 0 radical (unpaired) electrons. The van der Waals surface area contributed by atoms with Crippen LogP contribution in [0.3, 0.4) is 0 Å². The Kier molecular flexibility index (Phi) is 3.64. The van der Waals surface area contributed by atoms with E-state index in [2.05, 4.69) is 15.0 Å². The maximum atomic E-state index is 12.4. The summed E-state index contributed by atoms with van der Waals surface area (Å²) in [6.07, 6.45) is -1.00. The summed E-state index contributed by atoms with van der Waals surface area (Å²) in [4.78, 5) is 10.1. The van der Waals surface area contributed by atoms with Gasteiger partial charge in [-0.15, -0.1) is 0 Å². The van der Waals surface area contributed by atoms with Crippen LogP contribution in [0.2, 0.25) is 0 Å². The molecule has 0 saturated carbocycles. The Bertz CT molecular complexity index is 688. The van der Waals surface area contributed by atoms with Crippen molar-refractivity contribution in [2.45, 2.75) is 13.1 Å². The number of anilines is 1. The van der Waals surface area contributed by atoms with Crippen molar-refractivity contribution in [1.29, 1.82) is 0 Å². The average Bonchev–Trinajstić information content (AvgIpc) is 2.95. The molecule has 2 aromatic heterocycles. The minimum atomic E-state index is -4.44. The number of aryl methyl sites for hydroxylation is 1. The van der Waals surface area contributed by atoms with Gasteiger partial charge in [0, 0.05) is 11.9 Å². The summed E-state index contributed by atoms with van der Waals surface area (Å²) >= 11 is 0. The van der Waals surface area contributed by atoms with E-state index >= 15 is 0 Å². The van der Waals surface area contributed by atoms with Gasteiger partial charge < -0.3 is 15.1 Å². The molecule has 0 aliphatic rings. The molecule has 3 aromatic rings. The first-order valence-corrected chi connectivity index (χ1v) is 5.55. The van der Waals surface area contributed by atoms with Gasteiger partial charge in [0.25, 0.3) is 6.01 Å². The van der Waals surface area contributed by atoms with E-state index < -0.39 is 11.7 Å². The summed E-state index contributed by atoms with van der Waals surface area (Å²) in [5.41, 5.74) is 5.21. The Morgan fingerprint density at radius 2 is 2.05 bits per heavy atom. The number of rotatable bonds is 0. The number of aromatic nitrogens is 3. The Labute approximate surface area is 111 Å². The van der Waals surface area contributed by atoms with Gasteiger partial charge in [-0.1, -0.05) is 6.07 Å². The molecule has 20 heavy (non-hydrogen) atoms. The van der Waals surface area contributed by atoms with Crippen molar-refractivity contribution in [3.63, 3.8) is 0 Å². The van der Waals surface area contributed by atoms with Crippen molar-refractivity contribution < 1.29 is 17.6 Å². The molecule has 0 bridgehead atoms. The molecule has 0 saturated heterocycles. The number of hydrogen-bond acceptors (Lipinski definition) is 4. The van der Waals surface area contributed by atoms with E-state index in [-0.39, 0.29) is 17.1 Å². The van der Waals surface area contributed by atoms with Crippen LogP contribution in [0.5, 0.6) is 0 Å². The Morgan fingerprint density at radius 1 is 1.30 bits per heavy atom. The van der Waals surface area contributed by atoms with Crippen molar-refractivity contribution in [1.82, 2.24) is 15.0 Å². The number of nitrogen functional groups attached to an aromatic ring is 1. The van der Waals surface area contributed by atoms with Crippen molar-refractivity contribution >= 4 is 17.1 Å². The number of imidazole rings is 1. The highest BCUT2D eigenvalue weighted by Crippen LogP contribution is 2.34. The first-order chi connectivity index (χ1) is 9.38. The van der Waals surface area contributed by atoms with E-state index in [1.165, 1.54) is 12.1 Å². The van der Waals surface area contributed by atoms with Gasteiger partial charge in [0.05, 0.1) is 11.9 Å². The largest absolute Gasteiger partial charge is 0.424 e. The molecule has 8 heteroatoms. The van der Waals surface area contributed by atoms with E-state index in [4.69, 9.17) is 10.2 Å². The first kappa shape index (κ1) is 13.9. The lowest BCUT2D eigenvalue weighted by Crippen LogP contribution is -2.05. The summed E-state index contributed by atoms with van der Waals surface area (Å²) in [6.45, 7) is 1.97. The maximum absolute atomic E-state index is 12.4. The zero-order chi connectivity index (χ0) is 14.8. The normalized spacial score (nSPS) is 11.2. The number of nitrogens with zero attached hydrogens (tertiary/aromatic N) is 2. The van der Waals surface area contributed by atoms with E-state index in [9.17, 15) is 13.2 Å². The molecular formula is C12H11F3N4O.